The van der Waals surface area contributed by atoms with Crippen molar-refractivity contribution in [3.05, 3.63) is 0 Å². The molecule has 134 valence electrons. The van der Waals surface area contributed by atoms with Gasteiger partial charge < -0.3 is 29.9 Å². The largest absolute Gasteiger partial charge is 0.463 e. The molecule has 0 radical (unpaired) electrons. The maximum absolute atomic E-state index is 11.7. The van der Waals surface area contributed by atoms with Crippen LogP contribution in [0.4, 0.5) is 0 Å². The average Bonchev–Trinajstić information content (AvgIpc) is 3.05. The fraction of sp³-hybridized carbons (Fsp3) is 0.929. The fourth-order valence-electron chi connectivity index (χ4n) is 2.52. The van der Waals surface area contributed by atoms with Gasteiger partial charge in [-0.05, 0) is 19.3 Å². The van der Waals surface area contributed by atoms with Gasteiger partial charge in [-0.15, -0.1) is 0 Å². The molecule has 0 amide bonds. The third kappa shape index (κ3) is 5.77. The molecule has 0 aromatic carbocycles. The molecule has 6 unspecified atom stereocenters. The molecule has 0 aromatic rings. The van der Waals surface area contributed by atoms with Crippen LogP contribution in [-0.2, 0) is 14.3 Å². The molecule has 2 fully saturated rings. The maximum Gasteiger partial charge on any atom is 0.305 e. The second-order valence-electron chi connectivity index (χ2n) is 5.79. The lowest BCUT2D eigenvalue weighted by atomic mass is 9.99. The number of unbranched alkanes of at least 4 members (excludes halogenated alkanes) is 1. The zero-order valence-electron chi connectivity index (χ0n) is 12.7. The van der Waals surface area contributed by atoms with Gasteiger partial charge in [-0.25, -0.2) is 0 Å². The second kappa shape index (κ2) is 9.45. The smallest absolute Gasteiger partial charge is 0.305 e. The van der Waals surface area contributed by atoms with Gasteiger partial charge in [0, 0.05) is 17.4 Å². The summed E-state index contributed by atoms with van der Waals surface area (Å²) in [5.74, 6) is 0.803. The molecule has 2 heterocycles. The van der Waals surface area contributed by atoms with E-state index < -0.39 is 36.7 Å². The van der Waals surface area contributed by atoms with E-state index in [0.29, 0.717) is 11.7 Å². The number of hydrogen-bond acceptors (Lipinski definition) is 9. The van der Waals surface area contributed by atoms with E-state index in [1.54, 1.807) is 0 Å². The van der Waals surface area contributed by atoms with Crippen LogP contribution in [0.5, 0.6) is 0 Å². The van der Waals surface area contributed by atoms with Gasteiger partial charge in [-0.1, -0.05) is 28.0 Å². The van der Waals surface area contributed by atoms with Gasteiger partial charge in [-0.2, -0.15) is 0 Å². The number of carbonyl (C=O) groups excluding carboxylic acids is 1. The Balaban J connectivity index is 1.60. The Kier molecular flexibility index (Phi) is 7.93. The molecule has 0 spiro atoms. The van der Waals surface area contributed by atoms with Crippen LogP contribution in [0, 0.1) is 0 Å². The fourth-order valence-corrected chi connectivity index (χ4v) is 5.55. The van der Waals surface area contributed by atoms with Crippen molar-refractivity contribution in [2.75, 3.05) is 12.4 Å². The first-order valence-corrected chi connectivity index (χ1v) is 10.2. The van der Waals surface area contributed by atoms with Crippen molar-refractivity contribution >= 4 is 27.6 Å². The van der Waals surface area contributed by atoms with Crippen LogP contribution >= 0.6 is 21.6 Å². The van der Waals surface area contributed by atoms with E-state index in [-0.39, 0.29) is 6.61 Å². The molecule has 6 atom stereocenters. The highest BCUT2D eigenvalue weighted by Gasteiger charge is 2.43. The number of hydrogen-bond donors (Lipinski definition) is 4. The number of rotatable bonds is 7. The first kappa shape index (κ1) is 19.3. The Bertz CT molecular complexity index is 378. The molecule has 2 aliphatic heterocycles. The molecule has 0 saturated carbocycles. The summed E-state index contributed by atoms with van der Waals surface area (Å²) < 4.78 is 9.96. The van der Waals surface area contributed by atoms with Crippen LogP contribution in [0.2, 0.25) is 0 Å². The van der Waals surface area contributed by atoms with E-state index in [9.17, 15) is 25.2 Å². The zero-order valence-corrected chi connectivity index (χ0v) is 14.4. The van der Waals surface area contributed by atoms with E-state index >= 15 is 0 Å². The average molecular weight is 368 g/mol. The molecule has 2 aliphatic rings. The Morgan fingerprint density at radius 1 is 1.13 bits per heavy atom. The van der Waals surface area contributed by atoms with Crippen LogP contribution in [0.1, 0.15) is 32.1 Å². The summed E-state index contributed by atoms with van der Waals surface area (Å²) in [6, 6.07) is 0. The first-order valence-electron chi connectivity index (χ1n) is 7.80. The molecular formula is C14H24O7S2. The van der Waals surface area contributed by atoms with Gasteiger partial charge in [-0.3, -0.25) is 4.79 Å². The van der Waals surface area contributed by atoms with Gasteiger partial charge in [0.25, 0.3) is 0 Å². The van der Waals surface area contributed by atoms with Crippen LogP contribution in [0.15, 0.2) is 0 Å². The molecule has 9 heteroatoms. The Labute approximate surface area is 143 Å². The first-order chi connectivity index (χ1) is 11.0. The van der Waals surface area contributed by atoms with E-state index in [1.807, 2.05) is 21.6 Å². The van der Waals surface area contributed by atoms with E-state index in [1.165, 1.54) is 12.2 Å². The van der Waals surface area contributed by atoms with Crippen molar-refractivity contribution in [2.24, 2.45) is 0 Å². The van der Waals surface area contributed by atoms with Crippen molar-refractivity contribution < 1.29 is 34.7 Å². The normalized spacial score (nSPS) is 37.7. The second-order valence-corrected chi connectivity index (χ2v) is 8.58. The molecule has 4 N–H and O–H groups in total. The molecule has 0 bridgehead atoms. The van der Waals surface area contributed by atoms with E-state index in [4.69, 9.17) is 9.47 Å². The number of aliphatic hydroxyl groups excluding tert-OH is 4. The van der Waals surface area contributed by atoms with Crippen molar-refractivity contribution in [1.82, 2.24) is 0 Å². The molecule has 7 nitrogen and oxygen atoms in total. The molecular weight excluding hydrogens is 344 g/mol. The maximum atomic E-state index is 11.7. The molecule has 23 heavy (non-hydrogen) atoms. The monoisotopic (exact) mass is 368 g/mol. The Morgan fingerprint density at radius 2 is 1.91 bits per heavy atom. The molecule has 2 saturated heterocycles. The topological polar surface area (TPSA) is 116 Å². The summed E-state index contributed by atoms with van der Waals surface area (Å²) in [5.41, 5.74) is 0. The summed E-state index contributed by atoms with van der Waals surface area (Å²) >= 11 is 0. The van der Waals surface area contributed by atoms with E-state index in [0.717, 1.165) is 19.3 Å². The minimum atomic E-state index is -1.61. The number of ether oxygens (including phenoxy) is 2. The minimum Gasteiger partial charge on any atom is -0.463 e. The van der Waals surface area contributed by atoms with E-state index in [2.05, 4.69) is 0 Å². The summed E-state index contributed by atoms with van der Waals surface area (Å²) in [6.07, 6.45) is -2.86. The zero-order chi connectivity index (χ0) is 16.8. The van der Waals surface area contributed by atoms with Crippen LogP contribution in [0.3, 0.4) is 0 Å². The van der Waals surface area contributed by atoms with Gasteiger partial charge >= 0.3 is 5.97 Å². The SMILES string of the molecule is O=C(CCCCC1CCSS1)OCC1OC(O)C(O)C(O)C1O. The summed E-state index contributed by atoms with van der Waals surface area (Å²) in [6.45, 7) is -0.268. The lowest BCUT2D eigenvalue weighted by Gasteiger charge is -2.37. The molecule has 0 aromatic heterocycles. The molecule has 2 rings (SSSR count). The number of aliphatic hydroxyl groups is 4. The minimum absolute atomic E-state index is 0.268. The molecule has 0 aliphatic carbocycles. The number of carbonyl (C=O) groups is 1. The third-order valence-corrected chi connectivity index (χ3v) is 6.99. The highest BCUT2D eigenvalue weighted by atomic mass is 33.1. The van der Waals surface area contributed by atoms with Gasteiger partial charge in [0.2, 0.25) is 0 Å². The Hall–Kier alpha value is -0.0300. The van der Waals surface area contributed by atoms with Crippen molar-refractivity contribution in [3.63, 3.8) is 0 Å². The summed E-state index contributed by atoms with van der Waals surface area (Å²) in [5, 5.41) is 38.7. The third-order valence-electron chi connectivity index (χ3n) is 3.98. The summed E-state index contributed by atoms with van der Waals surface area (Å²) in [4.78, 5) is 11.7. The van der Waals surface area contributed by atoms with Gasteiger partial charge in [0.1, 0.15) is 31.0 Å². The Morgan fingerprint density at radius 3 is 2.61 bits per heavy atom. The standard InChI is InChI=1S/C14H24O7S2/c15-10(4-2-1-3-8-5-6-22-23-8)20-7-9-11(16)12(17)13(18)14(19)21-9/h8-9,11-14,16-19H,1-7H2. The predicted octanol–water partition coefficient (Wildman–Crippen LogP) is 0.0436. The lowest BCUT2D eigenvalue weighted by Crippen LogP contribution is -2.58. The van der Waals surface area contributed by atoms with Crippen LogP contribution in [-0.4, -0.2) is 74.7 Å². The van der Waals surface area contributed by atoms with Gasteiger partial charge in [0.15, 0.2) is 6.29 Å². The number of esters is 1. The predicted molar refractivity (Wildman–Crippen MR) is 86.8 cm³/mol. The van der Waals surface area contributed by atoms with Crippen molar-refractivity contribution in [3.8, 4) is 0 Å². The van der Waals surface area contributed by atoms with Crippen LogP contribution in [0.25, 0.3) is 0 Å². The highest BCUT2D eigenvalue weighted by molar-refractivity contribution is 8.77. The van der Waals surface area contributed by atoms with Crippen molar-refractivity contribution in [1.29, 1.82) is 0 Å². The van der Waals surface area contributed by atoms with Gasteiger partial charge in [0.05, 0.1) is 0 Å². The summed E-state index contributed by atoms with van der Waals surface area (Å²) in [7, 11) is 3.82. The van der Waals surface area contributed by atoms with Crippen molar-refractivity contribution in [2.45, 2.75) is 68.1 Å². The van der Waals surface area contributed by atoms with Crippen LogP contribution < -0.4 is 0 Å². The quantitative estimate of drug-likeness (QED) is 0.281. The highest BCUT2D eigenvalue weighted by Crippen LogP contribution is 2.39. The lowest BCUT2D eigenvalue weighted by molar-refractivity contribution is -0.287.